The molecule has 0 saturated heterocycles. The molecule has 82 valence electrons. The van der Waals surface area contributed by atoms with Gasteiger partial charge in [0, 0.05) is 5.88 Å². The summed E-state index contributed by atoms with van der Waals surface area (Å²) in [5.74, 6) is 4.87. The van der Waals surface area contributed by atoms with E-state index in [1.807, 2.05) is 0 Å². The Bertz CT molecular complexity index is 165. The number of hydrogen-bond acceptors (Lipinski definition) is 2. The molecule has 2 fully saturated rings. The standard InChI is InChI=1S/C12H23NS/c1-9-2-10-4-11(3-9)6-12(5-10)7-13-8-14/h9-14H,2-8H2,1H3. The van der Waals surface area contributed by atoms with Crippen LogP contribution in [0.5, 0.6) is 0 Å². The van der Waals surface area contributed by atoms with Crippen molar-refractivity contribution in [2.45, 2.75) is 39.0 Å². The largest absolute Gasteiger partial charge is 0.308 e. The fourth-order valence-electron chi connectivity index (χ4n) is 3.76. The molecule has 2 unspecified atom stereocenters. The van der Waals surface area contributed by atoms with Crippen molar-refractivity contribution in [1.82, 2.24) is 5.32 Å². The molecule has 2 heteroatoms. The number of nitrogens with one attached hydrogen (secondary N) is 1. The van der Waals surface area contributed by atoms with Crippen LogP contribution in [-0.2, 0) is 0 Å². The zero-order chi connectivity index (χ0) is 9.97. The summed E-state index contributed by atoms with van der Waals surface area (Å²) in [5.41, 5.74) is 0. The Balaban J connectivity index is 1.83. The average Bonchev–Trinajstić information content (AvgIpc) is 2.12. The maximum atomic E-state index is 4.21. The van der Waals surface area contributed by atoms with Crippen LogP contribution in [-0.4, -0.2) is 12.4 Å². The lowest BCUT2D eigenvalue weighted by molar-refractivity contribution is 0.104. The molecular formula is C12H23NS. The fraction of sp³-hybridized carbons (Fsp3) is 1.00. The first-order valence-electron chi connectivity index (χ1n) is 6.09. The highest BCUT2D eigenvalue weighted by Crippen LogP contribution is 2.44. The normalized spacial score (nSPS) is 42.4. The lowest BCUT2D eigenvalue weighted by atomic mass is 9.65. The molecule has 0 heterocycles. The number of thiol groups is 1. The van der Waals surface area contributed by atoms with E-state index < -0.39 is 0 Å². The Morgan fingerprint density at radius 1 is 1.07 bits per heavy atom. The maximum Gasteiger partial charge on any atom is 0.0387 e. The topological polar surface area (TPSA) is 12.0 Å². The van der Waals surface area contributed by atoms with Gasteiger partial charge >= 0.3 is 0 Å². The van der Waals surface area contributed by atoms with Crippen LogP contribution in [0, 0.1) is 23.7 Å². The summed E-state index contributed by atoms with van der Waals surface area (Å²) < 4.78 is 0. The predicted octanol–water partition coefficient (Wildman–Crippen LogP) is 2.93. The van der Waals surface area contributed by atoms with Gasteiger partial charge in [-0.05, 0) is 62.3 Å². The molecule has 2 atom stereocenters. The van der Waals surface area contributed by atoms with Gasteiger partial charge in [-0.25, -0.2) is 0 Å². The van der Waals surface area contributed by atoms with E-state index in [2.05, 4.69) is 24.9 Å². The molecule has 0 aromatic rings. The van der Waals surface area contributed by atoms with Crippen LogP contribution in [0.25, 0.3) is 0 Å². The molecule has 0 aliphatic heterocycles. The summed E-state index contributed by atoms with van der Waals surface area (Å²) in [6.45, 7) is 3.64. The highest BCUT2D eigenvalue weighted by molar-refractivity contribution is 7.80. The zero-order valence-corrected chi connectivity index (χ0v) is 10.1. The van der Waals surface area contributed by atoms with Gasteiger partial charge in [-0.2, -0.15) is 12.6 Å². The Morgan fingerprint density at radius 2 is 1.71 bits per heavy atom. The molecule has 2 saturated carbocycles. The van der Waals surface area contributed by atoms with E-state index in [1.165, 1.54) is 38.6 Å². The van der Waals surface area contributed by atoms with Gasteiger partial charge in [-0.1, -0.05) is 6.92 Å². The van der Waals surface area contributed by atoms with Crippen molar-refractivity contribution in [3.8, 4) is 0 Å². The molecule has 0 radical (unpaired) electrons. The van der Waals surface area contributed by atoms with Crippen LogP contribution in [0.2, 0.25) is 0 Å². The molecular weight excluding hydrogens is 190 g/mol. The fourth-order valence-corrected chi connectivity index (χ4v) is 3.89. The summed E-state index contributed by atoms with van der Waals surface area (Å²) in [6, 6.07) is 0. The van der Waals surface area contributed by atoms with E-state index in [1.54, 1.807) is 0 Å². The van der Waals surface area contributed by atoms with Crippen molar-refractivity contribution >= 4 is 12.6 Å². The molecule has 1 nitrogen and oxygen atoms in total. The summed E-state index contributed by atoms with van der Waals surface area (Å²) in [4.78, 5) is 0. The van der Waals surface area contributed by atoms with Gasteiger partial charge < -0.3 is 5.32 Å². The molecule has 14 heavy (non-hydrogen) atoms. The summed E-state index contributed by atoms with van der Waals surface area (Å²) in [6.07, 6.45) is 7.46. The molecule has 1 N–H and O–H groups in total. The van der Waals surface area contributed by atoms with E-state index in [0.29, 0.717) is 0 Å². The number of hydrogen-bond donors (Lipinski definition) is 2. The van der Waals surface area contributed by atoms with Crippen LogP contribution in [0.15, 0.2) is 0 Å². The Kier molecular flexibility index (Phi) is 3.78. The van der Waals surface area contributed by atoms with Gasteiger partial charge in [-0.15, -0.1) is 0 Å². The number of fused-ring (bicyclic) bond motifs is 2. The van der Waals surface area contributed by atoms with Crippen molar-refractivity contribution in [3.63, 3.8) is 0 Å². The Hall–Kier alpha value is 0.310. The van der Waals surface area contributed by atoms with Crippen molar-refractivity contribution in [2.75, 3.05) is 12.4 Å². The van der Waals surface area contributed by atoms with Crippen LogP contribution >= 0.6 is 12.6 Å². The zero-order valence-electron chi connectivity index (χ0n) is 9.21. The molecule has 0 amide bonds. The van der Waals surface area contributed by atoms with E-state index in [4.69, 9.17) is 0 Å². The van der Waals surface area contributed by atoms with E-state index in [-0.39, 0.29) is 0 Å². The molecule has 2 aliphatic rings. The first-order chi connectivity index (χ1) is 6.78. The lowest BCUT2D eigenvalue weighted by Crippen LogP contribution is -2.34. The van der Waals surface area contributed by atoms with E-state index >= 15 is 0 Å². The second kappa shape index (κ2) is 4.89. The number of rotatable bonds is 3. The van der Waals surface area contributed by atoms with E-state index in [9.17, 15) is 0 Å². The molecule has 2 aliphatic carbocycles. The predicted molar refractivity (Wildman–Crippen MR) is 64.6 cm³/mol. The third kappa shape index (κ3) is 2.66. The van der Waals surface area contributed by atoms with Gasteiger partial charge in [-0.3, -0.25) is 0 Å². The van der Waals surface area contributed by atoms with Crippen molar-refractivity contribution < 1.29 is 0 Å². The highest BCUT2D eigenvalue weighted by atomic mass is 32.1. The second-order valence-electron chi connectivity index (χ2n) is 5.49. The first kappa shape index (κ1) is 10.8. The monoisotopic (exact) mass is 213 g/mol. The van der Waals surface area contributed by atoms with Gasteiger partial charge in [0.2, 0.25) is 0 Å². The summed E-state index contributed by atoms with van der Waals surface area (Å²) in [5, 5.41) is 3.38. The lowest BCUT2D eigenvalue weighted by Gasteiger charge is -2.41. The first-order valence-corrected chi connectivity index (χ1v) is 6.72. The quantitative estimate of drug-likeness (QED) is 0.542. The smallest absolute Gasteiger partial charge is 0.0387 e. The summed E-state index contributed by atoms with van der Waals surface area (Å²) in [7, 11) is 0. The van der Waals surface area contributed by atoms with Crippen molar-refractivity contribution in [1.29, 1.82) is 0 Å². The highest BCUT2D eigenvalue weighted by Gasteiger charge is 2.34. The molecule has 2 rings (SSSR count). The van der Waals surface area contributed by atoms with Crippen molar-refractivity contribution in [2.24, 2.45) is 23.7 Å². The van der Waals surface area contributed by atoms with Crippen LogP contribution in [0.4, 0.5) is 0 Å². The third-order valence-electron chi connectivity index (χ3n) is 4.02. The Morgan fingerprint density at radius 3 is 2.29 bits per heavy atom. The van der Waals surface area contributed by atoms with Crippen molar-refractivity contribution in [3.05, 3.63) is 0 Å². The third-order valence-corrected chi connectivity index (χ3v) is 4.24. The van der Waals surface area contributed by atoms with Crippen LogP contribution in [0.3, 0.4) is 0 Å². The van der Waals surface area contributed by atoms with Crippen LogP contribution in [0.1, 0.15) is 39.0 Å². The molecule has 2 bridgehead atoms. The minimum atomic E-state index is 0.836. The molecule has 0 aromatic carbocycles. The molecule has 0 aromatic heterocycles. The van der Waals surface area contributed by atoms with E-state index in [0.717, 1.165) is 29.5 Å². The average molecular weight is 213 g/mol. The van der Waals surface area contributed by atoms with Gasteiger partial charge in [0.05, 0.1) is 0 Å². The second-order valence-corrected chi connectivity index (χ2v) is 5.81. The SMILES string of the molecule is CC1CC2CC(CNCS)CC(C1)C2. The van der Waals surface area contributed by atoms with Gasteiger partial charge in [0.1, 0.15) is 0 Å². The summed E-state index contributed by atoms with van der Waals surface area (Å²) >= 11 is 4.21. The minimum absolute atomic E-state index is 0.836. The Labute approximate surface area is 93.4 Å². The minimum Gasteiger partial charge on any atom is -0.308 e. The maximum absolute atomic E-state index is 4.21. The molecule has 0 spiro atoms. The van der Waals surface area contributed by atoms with Gasteiger partial charge in [0.25, 0.3) is 0 Å². The van der Waals surface area contributed by atoms with Crippen LogP contribution < -0.4 is 5.32 Å². The van der Waals surface area contributed by atoms with Gasteiger partial charge in [0.15, 0.2) is 0 Å².